The third kappa shape index (κ3) is 4.88. The number of halogens is 6. The Labute approximate surface area is 187 Å². The van der Waals surface area contributed by atoms with E-state index in [1.54, 1.807) is 0 Å². The van der Waals surface area contributed by atoms with Gasteiger partial charge in [0.1, 0.15) is 0 Å². The normalized spacial score (nSPS) is 26.2. The van der Waals surface area contributed by atoms with Crippen molar-refractivity contribution in [3.05, 3.63) is 70.8 Å². The van der Waals surface area contributed by atoms with Crippen LogP contribution < -0.4 is 5.32 Å². The fourth-order valence-corrected chi connectivity index (χ4v) is 4.49. The number of hydrogen-bond acceptors (Lipinski definition) is 2. The Morgan fingerprint density at radius 1 is 0.909 bits per heavy atom. The van der Waals surface area contributed by atoms with Crippen LogP contribution in [-0.4, -0.2) is 18.1 Å². The molecule has 33 heavy (non-hydrogen) atoms. The number of nitrogens with one attached hydrogen (secondary N) is 1. The third-order valence-corrected chi connectivity index (χ3v) is 6.76. The second-order valence-corrected chi connectivity index (χ2v) is 8.97. The van der Waals surface area contributed by atoms with E-state index in [0.717, 1.165) is 5.56 Å². The van der Waals surface area contributed by atoms with Crippen molar-refractivity contribution < 1.29 is 35.9 Å². The van der Waals surface area contributed by atoms with Crippen molar-refractivity contribution in [2.75, 3.05) is 6.61 Å². The number of benzene rings is 2. The van der Waals surface area contributed by atoms with E-state index >= 15 is 0 Å². The number of ether oxygens (including phenoxy) is 1. The maximum atomic E-state index is 13.3. The van der Waals surface area contributed by atoms with Crippen LogP contribution in [0.5, 0.6) is 0 Å². The highest BCUT2D eigenvalue weighted by Gasteiger charge is 2.52. The van der Waals surface area contributed by atoms with Gasteiger partial charge in [0, 0.05) is 0 Å². The van der Waals surface area contributed by atoms with Gasteiger partial charge in [-0.05, 0) is 61.9 Å². The Morgan fingerprint density at radius 2 is 1.42 bits per heavy atom. The molecule has 1 aliphatic heterocycles. The van der Waals surface area contributed by atoms with Crippen molar-refractivity contribution in [2.24, 2.45) is 0 Å². The van der Waals surface area contributed by atoms with Gasteiger partial charge in [-0.2, -0.15) is 26.3 Å². The lowest BCUT2D eigenvalue weighted by Crippen LogP contribution is -2.50. The zero-order chi connectivity index (χ0) is 24.1. The van der Waals surface area contributed by atoms with Crippen LogP contribution in [0.25, 0.3) is 0 Å². The van der Waals surface area contributed by atoms with Gasteiger partial charge in [-0.15, -0.1) is 0 Å². The molecule has 0 bridgehead atoms. The average molecular weight is 471 g/mol. The van der Waals surface area contributed by atoms with E-state index in [-0.39, 0.29) is 17.2 Å². The zero-order valence-electron chi connectivity index (χ0n) is 17.8. The quantitative estimate of drug-likeness (QED) is 0.427. The summed E-state index contributed by atoms with van der Waals surface area (Å²) in [5.74, 6) is -1.85. The summed E-state index contributed by atoms with van der Waals surface area (Å²) in [6.45, 7) is 1.98. The Morgan fingerprint density at radius 3 is 1.88 bits per heavy atom. The Balaban J connectivity index is 1.64. The zero-order valence-corrected chi connectivity index (χ0v) is 17.8. The predicted octanol–water partition coefficient (Wildman–Crippen LogP) is 6.18. The lowest BCUT2D eigenvalue weighted by Gasteiger charge is -2.41. The molecular formula is C24H23F6NO2. The van der Waals surface area contributed by atoms with Crippen molar-refractivity contribution in [1.29, 1.82) is 0 Å². The van der Waals surface area contributed by atoms with Crippen LogP contribution in [0.15, 0.2) is 48.5 Å². The summed E-state index contributed by atoms with van der Waals surface area (Å²) in [6.07, 6.45) is -7.41. The third-order valence-electron chi connectivity index (χ3n) is 6.76. The second-order valence-electron chi connectivity index (χ2n) is 8.97. The Bertz CT molecular complexity index is 985. The molecule has 0 aromatic heterocycles. The number of amides is 1. The molecular weight excluding hydrogens is 448 g/mol. The van der Waals surface area contributed by atoms with E-state index in [9.17, 15) is 31.1 Å². The van der Waals surface area contributed by atoms with E-state index in [2.05, 4.69) is 5.32 Å². The Kier molecular flexibility index (Phi) is 5.75. The number of carbonyl (C=O) groups is 1. The van der Waals surface area contributed by atoms with Crippen molar-refractivity contribution in [3.8, 4) is 0 Å². The molecule has 3 nitrogen and oxygen atoms in total. The van der Waals surface area contributed by atoms with Crippen molar-refractivity contribution in [3.63, 3.8) is 0 Å². The van der Waals surface area contributed by atoms with Crippen LogP contribution in [0, 0.1) is 0 Å². The lowest BCUT2D eigenvalue weighted by molar-refractivity contribution is -0.143. The first-order chi connectivity index (χ1) is 15.3. The molecule has 1 saturated heterocycles. The number of epoxide rings is 1. The first-order valence-corrected chi connectivity index (χ1v) is 10.6. The van der Waals surface area contributed by atoms with Gasteiger partial charge in [0.05, 0.1) is 34.8 Å². The summed E-state index contributed by atoms with van der Waals surface area (Å²) in [5.41, 5.74) is -3.29. The van der Waals surface area contributed by atoms with Gasteiger partial charge in [-0.3, -0.25) is 4.79 Å². The molecule has 9 heteroatoms. The first-order valence-electron chi connectivity index (χ1n) is 10.6. The monoisotopic (exact) mass is 471 g/mol. The predicted molar refractivity (Wildman–Crippen MR) is 108 cm³/mol. The SMILES string of the molecule is CC(C(=O)N[C@]1(c2ccccc2)CC[C@]2(CC1)CO2)c1cc(C(F)(F)F)cc(C(F)(F)F)c1. The van der Waals surface area contributed by atoms with Crippen molar-refractivity contribution in [2.45, 2.75) is 62.0 Å². The van der Waals surface area contributed by atoms with Gasteiger partial charge in [0.2, 0.25) is 5.91 Å². The largest absolute Gasteiger partial charge is 0.416 e. The highest BCUT2D eigenvalue weighted by atomic mass is 19.4. The van der Waals surface area contributed by atoms with Gasteiger partial charge in [0.25, 0.3) is 0 Å². The summed E-state index contributed by atoms with van der Waals surface area (Å²) in [4.78, 5) is 13.2. The molecule has 1 N–H and O–H groups in total. The summed E-state index contributed by atoms with van der Waals surface area (Å²) in [7, 11) is 0. The summed E-state index contributed by atoms with van der Waals surface area (Å²) < 4.78 is 85.1. The molecule has 0 radical (unpaired) electrons. The van der Waals surface area contributed by atoms with Crippen LogP contribution in [0.4, 0.5) is 26.3 Å². The van der Waals surface area contributed by atoms with Gasteiger partial charge < -0.3 is 10.1 Å². The van der Waals surface area contributed by atoms with Crippen molar-refractivity contribution >= 4 is 5.91 Å². The molecule has 4 rings (SSSR count). The van der Waals surface area contributed by atoms with Crippen LogP contribution in [-0.2, 0) is 27.4 Å². The molecule has 1 aliphatic carbocycles. The van der Waals surface area contributed by atoms with Gasteiger partial charge >= 0.3 is 12.4 Å². The molecule has 178 valence electrons. The average Bonchev–Trinajstić information content (AvgIpc) is 3.53. The molecule has 2 aliphatic rings. The van der Waals surface area contributed by atoms with Crippen LogP contribution in [0.2, 0.25) is 0 Å². The maximum absolute atomic E-state index is 13.3. The number of hydrogen-bond donors (Lipinski definition) is 1. The molecule has 1 amide bonds. The van der Waals surface area contributed by atoms with E-state index in [1.165, 1.54) is 6.92 Å². The van der Waals surface area contributed by atoms with E-state index < -0.39 is 40.8 Å². The molecule has 2 fully saturated rings. The van der Waals surface area contributed by atoms with E-state index in [1.807, 2.05) is 30.3 Å². The van der Waals surface area contributed by atoms with E-state index in [4.69, 9.17) is 4.74 Å². The second kappa shape index (κ2) is 8.04. The highest BCUT2D eigenvalue weighted by molar-refractivity contribution is 5.84. The maximum Gasteiger partial charge on any atom is 0.416 e. The number of rotatable bonds is 4. The van der Waals surface area contributed by atoms with E-state index in [0.29, 0.717) is 44.4 Å². The molecule has 1 atom stereocenters. The standard InChI is InChI=1S/C24H23F6NO2/c1-15(16-11-18(23(25,26)27)13-19(12-16)24(28,29)30)20(32)31-22(17-5-3-2-4-6-17)9-7-21(8-10-22)14-33-21/h2-6,11-13,15H,7-10,14H2,1H3,(H,31,32)/t15?,21-,22+. The van der Waals surface area contributed by atoms with Gasteiger partial charge in [0.15, 0.2) is 0 Å². The van der Waals surface area contributed by atoms with Crippen LogP contribution in [0.1, 0.15) is 60.8 Å². The van der Waals surface area contributed by atoms with Crippen LogP contribution in [0.3, 0.4) is 0 Å². The van der Waals surface area contributed by atoms with Crippen LogP contribution >= 0.6 is 0 Å². The smallest absolute Gasteiger partial charge is 0.370 e. The minimum absolute atomic E-state index is 0.0653. The first kappa shape index (κ1) is 23.6. The molecule has 1 heterocycles. The minimum Gasteiger partial charge on any atom is -0.370 e. The molecule has 1 saturated carbocycles. The fraction of sp³-hybridized carbons (Fsp3) is 0.458. The Hall–Kier alpha value is -2.55. The summed E-state index contributed by atoms with van der Waals surface area (Å²) >= 11 is 0. The highest BCUT2D eigenvalue weighted by Crippen LogP contribution is 2.49. The minimum atomic E-state index is -4.97. The fourth-order valence-electron chi connectivity index (χ4n) is 4.49. The number of alkyl halides is 6. The molecule has 2 aromatic rings. The number of carbonyl (C=O) groups excluding carboxylic acids is 1. The molecule has 2 aromatic carbocycles. The lowest BCUT2D eigenvalue weighted by atomic mass is 9.72. The topological polar surface area (TPSA) is 41.6 Å². The molecule has 1 spiro atoms. The summed E-state index contributed by atoms with van der Waals surface area (Å²) in [6, 6.07) is 10.5. The van der Waals surface area contributed by atoms with Gasteiger partial charge in [-0.1, -0.05) is 30.3 Å². The molecule has 1 unspecified atom stereocenters. The van der Waals surface area contributed by atoms with Crippen molar-refractivity contribution in [1.82, 2.24) is 5.32 Å². The summed E-state index contributed by atoms with van der Waals surface area (Å²) in [5, 5.41) is 2.97. The van der Waals surface area contributed by atoms with Gasteiger partial charge in [-0.25, -0.2) is 0 Å².